The second-order valence-corrected chi connectivity index (χ2v) is 10.5. The number of anilines is 2. The van der Waals surface area contributed by atoms with Crippen molar-refractivity contribution in [1.82, 2.24) is 5.32 Å². The zero-order valence-corrected chi connectivity index (χ0v) is 24.9. The summed E-state index contributed by atoms with van der Waals surface area (Å²) in [6.07, 6.45) is 1.34. The van der Waals surface area contributed by atoms with Gasteiger partial charge >= 0.3 is 6.03 Å². The van der Waals surface area contributed by atoms with Gasteiger partial charge in [0.2, 0.25) is 0 Å². The molecule has 1 aliphatic heterocycles. The molecule has 3 aromatic rings. The smallest absolute Gasteiger partial charge is 0.335 e. The van der Waals surface area contributed by atoms with Gasteiger partial charge in [0.15, 0.2) is 18.1 Å². The van der Waals surface area contributed by atoms with Crippen molar-refractivity contribution in [2.24, 2.45) is 0 Å². The van der Waals surface area contributed by atoms with E-state index in [-0.39, 0.29) is 33.8 Å². The van der Waals surface area contributed by atoms with Crippen LogP contribution in [0.1, 0.15) is 18.1 Å². The average molecular weight is 694 g/mol. The molecule has 9 nitrogen and oxygen atoms in total. The molecule has 4 rings (SSSR count). The van der Waals surface area contributed by atoms with Crippen LogP contribution in [0.5, 0.6) is 11.5 Å². The number of urea groups is 1. The van der Waals surface area contributed by atoms with Gasteiger partial charge in [0.05, 0.1) is 25.9 Å². The molecule has 1 fully saturated rings. The number of ether oxygens (including phenoxy) is 2. The molecule has 40 heavy (non-hydrogen) atoms. The van der Waals surface area contributed by atoms with Crippen molar-refractivity contribution in [3.63, 3.8) is 0 Å². The van der Waals surface area contributed by atoms with Crippen molar-refractivity contribution >= 4 is 87.0 Å². The van der Waals surface area contributed by atoms with E-state index in [1.54, 1.807) is 31.2 Å². The lowest BCUT2D eigenvalue weighted by Gasteiger charge is -2.26. The number of carbonyl (C=O) groups excluding carboxylic acids is 4. The predicted octanol–water partition coefficient (Wildman–Crippen LogP) is 5.99. The Bertz CT molecular complexity index is 1540. The topological polar surface area (TPSA) is 114 Å². The molecule has 1 aliphatic rings. The monoisotopic (exact) mass is 693 g/mol. The van der Waals surface area contributed by atoms with Gasteiger partial charge in [-0.15, -0.1) is 0 Å². The number of halogens is 3. The zero-order chi connectivity index (χ0) is 29.0. The number of amides is 5. The fourth-order valence-electron chi connectivity index (χ4n) is 3.73. The van der Waals surface area contributed by atoms with Crippen LogP contribution in [0, 0.1) is 10.5 Å². The Labute approximate surface area is 253 Å². The van der Waals surface area contributed by atoms with Crippen molar-refractivity contribution in [2.45, 2.75) is 13.8 Å². The second kappa shape index (κ2) is 12.7. The van der Waals surface area contributed by atoms with E-state index < -0.39 is 17.8 Å². The summed E-state index contributed by atoms with van der Waals surface area (Å²) < 4.78 is 12.1. The molecule has 1 saturated heterocycles. The minimum Gasteiger partial charge on any atom is -0.490 e. The third kappa shape index (κ3) is 6.75. The van der Waals surface area contributed by atoms with Crippen molar-refractivity contribution < 1.29 is 28.7 Å². The van der Waals surface area contributed by atoms with Gasteiger partial charge in [0.25, 0.3) is 17.7 Å². The molecule has 5 amide bonds. The quantitative estimate of drug-likeness (QED) is 0.170. The number of benzene rings is 3. The fraction of sp³-hybridized carbons (Fsp3) is 0.143. The molecule has 0 saturated carbocycles. The SMILES string of the molecule is CCOc1cc(/C=C2\C(=O)NC(=O)N(c3ccc(Cl)c(Cl)c3)C2=O)cc(I)c1OCC(=O)Nc1ccc(C)cc1. The Balaban J connectivity index is 1.58. The highest BCUT2D eigenvalue weighted by molar-refractivity contribution is 14.1. The van der Waals surface area contributed by atoms with Crippen LogP contribution in [-0.4, -0.2) is 37.0 Å². The number of hydrogen-bond acceptors (Lipinski definition) is 6. The largest absolute Gasteiger partial charge is 0.490 e. The van der Waals surface area contributed by atoms with Crippen LogP contribution < -0.4 is 25.0 Å². The van der Waals surface area contributed by atoms with E-state index in [4.69, 9.17) is 32.7 Å². The summed E-state index contributed by atoms with van der Waals surface area (Å²) in [7, 11) is 0. The third-order valence-electron chi connectivity index (χ3n) is 5.59. The highest BCUT2D eigenvalue weighted by Gasteiger charge is 2.37. The lowest BCUT2D eigenvalue weighted by Crippen LogP contribution is -2.54. The maximum Gasteiger partial charge on any atom is 0.335 e. The Morgan fingerprint density at radius 1 is 1.02 bits per heavy atom. The van der Waals surface area contributed by atoms with Crippen LogP contribution in [0.15, 0.2) is 60.2 Å². The van der Waals surface area contributed by atoms with Crippen LogP contribution >= 0.6 is 45.8 Å². The number of nitrogens with zero attached hydrogens (tertiary/aromatic N) is 1. The van der Waals surface area contributed by atoms with Crippen LogP contribution in [0.3, 0.4) is 0 Å². The molecule has 0 aliphatic carbocycles. The first-order valence-corrected chi connectivity index (χ1v) is 13.7. The van der Waals surface area contributed by atoms with E-state index in [1.807, 2.05) is 41.6 Å². The first kappa shape index (κ1) is 29.4. The average Bonchev–Trinajstić information content (AvgIpc) is 2.89. The Hall–Kier alpha value is -3.61. The minimum absolute atomic E-state index is 0.140. The summed E-state index contributed by atoms with van der Waals surface area (Å²) >= 11 is 14.0. The van der Waals surface area contributed by atoms with Gasteiger partial charge in [-0.25, -0.2) is 9.69 Å². The maximum absolute atomic E-state index is 13.3. The summed E-state index contributed by atoms with van der Waals surface area (Å²) in [6.45, 7) is 3.76. The molecular weight excluding hydrogens is 672 g/mol. The van der Waals surface area contributed by atoms with Crippen LogP contribution in [0.25, 0.3) is 6.08 Å². The molecule has 0 unspecified atom stereocenters. The van der Waals surface area contributed by atoms with Gasteiger partial charge in [0, 0.05) is 5.69 Å². The van der Waals surface area contributed by atoms with Crippen LogP contribution in [0.2, 0.25) is 10.0 Å². The highest BCUT2D eigenvalue weighted by atomic mass is 127. The molecular formula is C28H22Cl2IN3O6. The molecule has 0 aromatic heterocycles. The fourth-order valence-corrected chi connectivity index (χ4v) is 4.80. The summed E-state index contributed by atoms with van der Waals surface area (Å²) in [5.74, 6) is -1.41. The highest BCUT2D eigenvalue weighted by Crippen LogP contribution is 2.36. The molecule has 206 valence electrons. The van der Waals surface area contributed by atoms with Crippen LogP contribution in [-0.2, 0) is 14.4 Å². The number of hydrogen-bond donors (Lipinski definition) is 2. The summed E-state index contributed by atoms with van der Waals surface area (Å²) in [6, 6.07) is 13.9. The normalized spacial score (nSPS) is 14.3. The minimum atomic E-state index is -0.914. The van der Waals surface area contributed by atoms with Crippen LogP contribution in [0.4, 0.5) is 16.2 Å². The molecule has 0 spiro atoms. The van der Waals surface area contributed by atoms with Gasteiger partial charge in [-0.05, 0) is 90.5 Å². The Morgan fingerprint density at radius 2 is 1.75 bits per heavy atom. The molecule has 0 radical (unpaired) electrons. The zero-order valence-electron chi connectivity index (χ0n) is 21.2. The standard InChI is InChI=1S/C28H22Cl2IN3O6/c1-3-39-23-12-16(11-22(31)25(23)40-14-24(35)32-17-6-4-15(2)5-7-17)10-19-26(36)33-28(38)34(27(19)37)18-8-9-20(29)21(30)13-18/h4-13H,3,14H2,1-2H3,(H,32,35)(H,33,36,38)/b19-10+. The van der Waals surface area contributed by atoms with E-state index in [2.05, 4.69) is 10.6 Å². The number of rotatable bonds is 8. The summed E-state index contributed by atoms with van der Waals surface area (Å²) in [4.78, 5) is 51.6. The van der Waals surface area contributed by atoms with E-state index >= 15 is 0 Å². The summed E-state index contributed by atoms with van der Waals surface area (Å²) in [5, 5.41) is 5.32. The molecule has 3 aromatic carbocycles. The van der Waals surface area contributed by atoms with E-state index in [1.165, 1.54) is 24.3 Å². The van der Waals surface area contributed by atoms with Gasteiger partial charge in [-0.3, -0.25) is 19.7 Å². The Morgan fingerprint density at radius 3 is 2.42 bits per heavy atom. The van der Waals surface area contributed by atoms with Gasteiger partial charge < -0.3 is 14.8 Å². The molecule has 0 bridgehead atoms. The first-order chi connectivity index (χ1) is 19.1. The molecule has 2 N–H and O–H groups in total. The van der Waals surface area contributed by atoms with Gasteiger partial charge in [0.1, 0.15) is 5.57 Å². The number of carbonyl (C=O) groups is 4. The predicted molar refractivity (Wildman–Crippen MR) is 161 cm³/mol. The molecule has 12 heteroatoms. The number of nitrogens with one attached hydrogen (secondary N) is 2. The van der Waals surface area contributed by atoms with Gasteiger partial charge in [-0.2, -0.15) is 0 Å². The van der Waals surface area contributed by atoms with Crippen molar-refractivity contribution in [3.8, 4) is 11.5 Å². The van der Waals surface area contributed by atoms with Crippen molar-refractivity contribution in [2.75, 3.05) is 23.4 Å². The lowest BCUT2D eigenvalue weighted by molar-refractivity contribution is -0.122. The van der Waals surface area contributed by atoms with Gasteiger partial charge in [-0.1, -0.05) is 40.9 Å². The van der Waals surface area contributed by atoms with Crippen molar-refractivity contribution in [3.05, 3.63) is 84.9 Å². The molecule has 1 heterocycles. The number of imide groups is 2. The first-order valence-electron chi connectivity index (χ1n) is 11.9. The Kier molecular flexibility index (Phi) is 9.33. The van der Waals surface area contributed by atoms with Crippen molar-refractivity contribution in [1.29, 1.82) is 0 Å². The second-order valence-electron chi connectivity index (χ2n) is 8.52. The lowest BCUT2D eigenvalue weighted by atomic mass is 10.1. The number of barbiturate groups is 1. The van der Waals surface area contributed by atoms with E-state index in [0.29, 0.717) is 32.9 Å². The van der Waals surface area contributed by atoms with E-state index in [0.717, 1.165) is 10.5 Å². The van der Waals surface area contributed by atoms with E-state index in [9.17, 15) is 19.2 Å². The molecule has 0 atom stereocenters. The maximum atomic E-state index is 13.3. The number of aryl methyl sites for hydroxylation is 1. The third-order valence-corrected chi connectivity index (χ3v) is 7.13. The summed E-state index contributed by atoms with van der Waals surface area (Å²) in [5.41, 5.74) is 2.01.